The van der Waals surface area contributed by atoms with Crippen LogP contribution in [-0.4, -0.2) is 36.3 Å². The molecular weight excluding hydrogens is 563 g/mol. The van der Waals surface area contributed by atoms with E-state index in [1.54, 1.807) is 31.3 Å². The van der Waals surface area contributed by atoms with E-state index >= 15 is 0 Å². The number of pyridine rings is 1. The summed E-state index contributed by atoms with van der Waals surface area (Å²) < 4.78 is 6.07. The molecule has 0 bridgehead atoms. The molecule has 8 nitrogen and oxygen atoms in total. The number of hydrogen-bond donors (Lipinski definition) is 2. The maximum atomic E-state index is 12.9. The average molecular weight is 594 g/mol. The number of halogens is 2. The molecule has 0 atom stereocenters. The Labute approximate surface area is 248 Å². The topological polar surface area (TPSA) is 101 Å². The van der Waals surface area contributed by atoms with Crippen LogP contribution in [0.15, 0.2) is 66.7 Å². The number of amides is 3. The van der Waals surface area contributed by atoms with Gasteiger partial charge >= 0.3 is 0 Å². The molecule has 10 heteroatoms. The van der Waals surface area contributed by atoms with Crippen molar-refractivity contribution in [1.29, 1.82) is 0 Å². The van der Waals surface area contributed by atoms with Gasteiger partial charge in [0.1, 0.15) is 17.9 Å². The zero-order chi connectivity index (χ0) is 29.5. The van der Waals surface area contributed by atoms with E-state index in [0.717, 1.165) is 22.2 Å². The summed E-state index contributed by atoms with van der Waals surface area (Å²) in [7, 11) is 1.59. The van der Waals surface area contributed by atoms with Crippen molar-refractivity contribution in [2.75, 3.05) is 23.8 Å². The van der Waals surface area contributed by atoms with Gasteiger partial charge in [0.2, 0.25) is 17.7 Å². The third kappa shape index (κ3) is 7.74. The molecule has 1 aromatic heterocycles. The highest BCUT2D eigenvalue weighted by molar-refractivity contribution is 6.38. The van der Waals surface area contributed by atoms with Crippen molar-refractivity contribution in [3.63, 3.8) is 0 Å². The van der Waals surface area contributed by atoms with E-state index in [1.807, 2.05) is 49.4 Å². The van der Waals surface area contributed by atoms with Gasteiger partial charge in [-0.2, -0.15) is 0 Å². The van der Waals surface area contributed by atoms with Crippen LogP contribution in [0.4, 0.5) is 11.4 Å². The van der Waals surface area contributed by atoms with Gasteiger partial charge in [-0.05, 0) is 55.3 Å². The van der Waals surface area contributed by atoms with Crippen LogP contribution >= 0.6 is 23.2 Å². The number of nitrogens with zero attached hydrogens (tertiary/aromatic N) is 2. The summed E-state index contributed by atoms with van der Waals surface area (Å²) in [5, 5.41) is 7.01. The summed E-state index contributed by atoms with van der Waals surface area (Å²) in [6.07, 6.45) is 0.705. The lowest BCUT2D eigenvalue weighted by Gasteiger charge is -2.21. The van der Waals surface area contributed by atoms with E-state index in [4.69, 9.17) is 27.9 Å². The number of carbonyl (C=O) groups is 3. The SMILES string of the molecule is CC(=O)Nc1ccc(CCC(=O)NCC(=O)N(C)c2ccc(Cl)c(COc3cccc4ccc(C)nc34)c2Cl)cc1. The maximum absolute atomic E-state index is 12.9. The van der Waals surface area contributed by atoms with Crippen molar-refractivity contribution in [3.05, 3.63) is 93.6 Å². The molecule has 0 aliphatic rings. The van der Waals surface area contributed by atoms with Gasteiger partial charge in [0, 0.05) is 47.7 Å². The second kappa shape index (κ2) is 13.5. The molecule has 3 amide bonds. The molecule has 1 heterocycles. The number of para-hydroxylation sites is 1. The first-order valence-corrected chi connectivity index (χ1v) is 13.7. The summed E-state index contributed by atoms with van der Waals surface area (Å²) in [5.41, 5.74) is 4.21. The standard InChI is InChI=1S/C31H30Cl2N4O4/c1-19-7-11-22-5-4-6-27(31(22)35-19)41-18-24-25(32)14-15-26(30(24)33)37(3)29(40)17-34-28(39)16-10-21-8-12-23(13-9-21)36-20(2)38/h4-9,11-15H,10,16-18H2,1-3H3,(H,34,39)(H,36,38). The fourth-order valence-corrected chi connectivity index (χ4v) is 4.80. The number of hydrogen-bond acceptors (Lipinski definition) is 5. The predicted octanol–water partition coefficient (Wildman–Crippen LogP) is 6.10. The number of likely N-dealkylation sites (N-methyl/N-ethyl adjacent to an activating group) is 1. The minimum atomic E-state index is -0.345. The number of nitrogens with one attached hydrogen (secondary N) is 2. The Bertz CT molecular complexity index is 1590. The molecule has 212 valence electrons. The van der Waals surface area contributed by atoms with Crippen LogP contribution < -0.4 is 20.3 Å². The van der Waals surface area contributed by atoms with E-state index in [0.29, 0.717) is 34.1 Å². The molecule has 4 rings (SSSR count). The molecule has 3 aromatic carbocycles. The molecule has 4 aromatic rings. The Morgan fingerprint density at radius 2 is 1.73 bits per heavy atom. The average Bonchev–Trinajstić information content (AvgIpc) is 2.95. The van der Waals surface area contributed by atoms with Crippen LogP contribution in [0.3, 0.4) is 0 Å². The van der Waals surface area contributed by atoms with Gasteiger partial charge in [-0.15, -0.1) is 0 Å². The first kappa shape index (κ1) is 29.8. The first-order chi connectivity index (χ1) is 19.6. The molecule has 0 aliphatic carbocycles. The van der Waals surface area contributed by atoms with Gasteiger partial charge in [0.05, 0.1) is 17.3 Å². The minimum Gasteiger partial charge on any atom is -0.487 e. The predicted molar refractivity (Wildman–Crippen MR) is 163 cm³/mol. The largest absolute Gasteiger partial charge is 0.487 e. The van der Waals surface area contributed by atoms with Crippen LogP contribution in [0.25, 0.3) is 10.9 Å². The van der Waals surface area contributed by atoms with Crippen molar-refractivity contribution < 1.29 is 19.1 Å². The summed E-state index contributed by atoms with van der Waals surface area (Å²) in [6, 6.07) is 20.2. The molecule has 0 fully saturated rings. The Morgan fingerprint density at radius 3 is 2.46 bits per heavy atom. The highest BCUT2D eigenvalue weighted by Gasteiger charge is 2.19. The third-order valence-corrected chi connectivity index (χ3v) is 7.22. The Morgan fingerprint density at radius 1 is 0.976 bits per heavy atom. The quantitative estimate of drug-likeness (QED) is 0.232. The number of fused-ring (bicyclic) bond motifs is 1. The Kier molecular flexibility index (Phi) is 9.81. The summed E-state index contributed by atoms with van der Waals surface area (Å²) in [5.74, 6) is -0.153. The van der Waals surface area contributed by atoms with Gasteiger partial charge in [-0.3, -0.25) is 14.4 Å². The molecule has 41 heavy (non-hydrogen) atoms. The molecule has 0 radical (unpaired) electrons. The lowest BCUT2D eigenvalue weighted by Crippen LogP contribution is -2.38. The van der Waals surface area contributed by atoms with Crippen molar-refractivity contribution in [1.82, 2.24) is 10.3 Å². The summed E-state index contributed by atoms with van der Waals surface area (Å²) in [6.45, 7) is 3.24. The van der Waals surface area contributed by atoms with E-state index in [2.05, 4.69) is 15.6 Å². The molecule has 0 saturated carbocycles. The first-order valence-electron chi connectivity index (χ1n) is 13.0. The summed E-state index contributed by atoms with van der Waals surface area (Å²) >= 11 is 13.2. The summed E-state index contributed by atoms with van der Waals surface area (Å²) in [4.78, 5) is 42.4. The van der Waals surface area contributed by atoms with Crippen molar-refractivity contribution in [3.8, 4) is 5.75 Å². The van der Waals surface area contributed by atoms with Crippen LogP contribution in [0.2, 0.25) is 10.0 Å². The number of aromatic nitrogens is 1. The smallest absolute Gasteiger partial charge is 0.246 e. The number of benzene rings is 3. The lowest BCUT2D eigenvalue weighted by molar-refractivity contribution is -0.124. The van der Waals surface area contributed by atoms with E-state index < -0.39 is 0 Å². The van der Waals surface area contributed by atoms with Crippen LogP contribution in [0.5, 0.6) is 5.75 Å². The molecule has 2 N–H and O–H groups in total. The van der Waals surface area contributed by atoms with Crippen LogP contribution in [0, 0.1) is 6.92 Å². The van der Waals surface area contributed by atoms with Gasteiger partial charge < -0.3 is 20.3 Å². The Balaban J connectivity index is 1.35. The van der Waals surface area contributed by atoms with E-state index in [-0.39, 0.29) is 42.3 Å². The minimum absolute atomic E-state index is 0.0742. The molecule has 0 spiro atoms. The van der Waals surface area contributed by atoms with E-state index in [1.165, 1.54) is 11.8 Å². The lowest BCUT2D eigenvalue weighted by atomic mass is 10.1. The second-order valence-electron chi connectivity index (χ2n) is 9.54. The number of anilines is 2. The zero-order valence-electron chi connectivity index (χ0n) is 23.0. The number of ether oxygens (including phenoxy) is 1. The number of rotatable bonds is 10. The molecule has 0 unspecified atom stereocenters. The fraction of sp³-hybridized carbons (Fsp3) is 0.226. The maximum Gasteiger partial charge on any atom is 0.246 e. The highest BCUT2D eigenvalue weighted by atomic mass is 35.5. The monoisotopic (exact) mass is 592 g/mol. The number of aryl methyl sites for hydroxylation is 2. The normalized spacial score (nSPS) is 10.8. The van der Waals surface area contributed by atoms with Crippen LogP contribution in [0.1, 0.15) is 30.2 Å². The van der Waals surface area contributed by atoms with Crippen LogP contribution in [-0.2, 0) is 27.4 Å². The Hall–Kier alpha value is -4.14. The van der Waals surface area contributed by atoms with Gasteiger partial charge in [0.25, 0.3) is 0 Å². The molecule has 0 aliphatic heterocycles. The molecular formula is C31H30Cl2N4O4. The molecule has 0 saturated heterocycles. The van der Waals surface area contributed by atoms with Crippen molar-refractivity contribution >= 4 is 63.2 Å². The fourth-order valence-electron chi connectivity index (χ4n) is 4.19. The van der Waals surface area contributed by atoms with Gasteiger partial charge in [-0.25, -0.2) is 4.98 Å². The van der Waals surface area contributed by atoms with Gasteiger partial charge in [-0.1, -0.05) is 53.5 Å². The number of carbonyl (C=O) groups excluding carboxylic acids is 3. The van der Waals surface area contributed by atoms with E-state index in [9.17, 15) is 14.4 Å². The van der Waals surface area contributed by atoms with Gasteiger partial charge in [0.15, 0.2) is 0 Å². The zero-order valence-corrected chi connectivity index (χ0v) is 24.5. The second-order valence-corrected chi connectivity index (χ2v) is 10.3. The van der Waals surface area contributed by atoms with Crippen molar-refractivity contribution in [2.45, 2.75) is 33.3 Å². The highest BCUT2D eigenvalue weighted by Crippen LogP contribution is 2.35. The third-order valence-electron chi connectivity index (χ3n) is 6.45. The van der Waals surface area contributed by atoms with Crippen molar-refractivity contribution in [2.24, 2.45) is 0 Å².